The molecule has 1 heterocycles. The summed E-state index contributed by atoms with van der Waals surface area (Å²) in [5.41, 5.74) is -0.597. The van der Waals surface area contributed by atoms with Crippen molar-refractivity contribution in [1.82, 2.24) is 4.90 Å². The van der Waals surface area contributed by atoms with Crippen molar-refractivity contribution in [2.24, 2.45) is 5.92 Å². The van der Waals surface area contributed by atoms with Crippen molar-refractivity contribution < 1.29 is 18.3 Å². The number of carbonyl (C=O) groups excluding carboxylic acids is 1. The lowest BCUT2D eigenvalue weighted by Crippen LogP contribution is -2.37. The van der Waals surface area contributed by atoms with Crippen LogP contribution in [0, 0.1) is 5.92 Å². The minimum atomic E-state index is -2.75. The van der Waals surface area contributed by atoms with Crippen LogP contribution in [-0.4, -0.2) is 35.6 Å². The molecule has 0 aromatic carbocycles. The molecule has 0 aromatic rings. The fourth-order valence-electron chi connectivity index (χ4n) is 2.10. The van der Waals surface area contributed by atoms with E-state index >= 15 is 0 Å². The van der Waals surface area contributed by atoms with Gasteiger partial charge in [0, 0.05) is 25.4 Å². The molecule has 0 radical (unpaired) electrons. The Balaban J connectivity index is 2.53. The number of hydrogen-bond acceptors (Lipinski definition) is 2. The van der Waals surface area contributed by atoms with Crippen molar-refractivity contribution in [1.29, 1.82) is 0 Å². The number of likely N-dealkylation sites (tertiary alicyclic amines) is 1. The summed E-state index contributed by atoms with van der Waals surface area (Å²) in [5.74, 6) is -3.52. The zero-order chi connectivity index (χ0) is 14.7. The van der Waals surface area contributed by atoms with E-state index in [1.54, 1.807) is 20.8 Å². The van der Waals surface area contributed by atoms with E-state index in [1.165, 1.54) is 11.0 Å². The summed E-state index contributed by atoms with van der Waals surface area (Å²) in [4.78, 5) is 13.2. The van der Waals surface area contributed by atoms with Crippen LogP contribution < -0.4 is 0 Å². The number of halogens is 2. The van der Waals surface area contributed by atoms with Gasteiger partial charge in [-0.25, -0.2) is 13.6 Å². The maximum Gasteiger partial charge on any atom is 0.410 e. The lowest BCUT2D eigenvalue weighted by atomic mass is 9.96. The average molecular weight is 275 g/mol. The molecule has 0 aromatic heterocycles. The number of ether oxygens (including phenoxy) is 1. The third kappa shape index (κ3) is 4.80. The van der Waals surface area contributed by atoms with Gasteiger partial charge in [-0.15, -0.1) is 6.58 Å². The smallest absolute Gasteiger partial charge is 0.410 e. The van der Waals surface area contributed by atoms with Crippen LogP contribution in [0.15, 0.2) is 12.7 Å². The molecule has 1 amide bonds. The zero-order valence-corrected chi connectivity index (χ0v) is 11.9. The van der Waals surface area contributed by atoms with Crippen LogP contribution in [0.4, 0.5) is 13.6 Å². The van der Waals surface area contributed by atoms with E-state index < -0.39 is 23.5 Å². The van der Waals surface area contributed by atoms with Gasteiger partial charge in [0.25, 0.3) is 5.92 Å². The van der Waals surface area contributed by atoms with Crippen molar-refractivity contribution in [3.63, 3.8) is 0 Å². The fraction of sp³-hybridized carbons (Fsp3) is 0.786. The fourth-order valence-corrected chi connectivity index (χ4v) is 2.10. The molecule has 0 bridgehead atoms. The molecule has 0 spiro atoms. The van der Waals surface area contributed by atoms with Crippen LogP contribution >= 0.6 is 0 Å². The summed E-state index contributed by atoms with van der Waals surface area (Å²) in [7, 11) is 0. The quantitative estimate of drug-likeness (QED) is 0.729. The number of carbonyl (C=O) groups is 1. The monoisotopic (exact) mass is 275 g/mol. The first kappa shape index (κ1) is 15.9. The second-order valence-electron chi connectivity index (χ2n) is 6.00. The maximum atomic E-state index is 13.9. The molecule has 0 aliphatic carbocycles. The number of allylic oxidation sites excluding steroid dienone is 1. The van der Waals surface area contributed by atoms with Crippen molar-refractivity contribution in [3.8, 4) is 0 Å². The Bertz CT molecular complexity index is 337. The van der Waals surface area contributed by atoms with Crippen LogP contribution in [0.5, 0.6) is 0 Å². The van der Waals surface area contributed by atoms with E-state index in [0.29, 0.717) is 13.0 Å². The van der Waals surface area contributed by atoms with E-state index in [9.17, 15) is 13.6 Å². The molecule has 0 saturated carbocycles. The highest BCUT2D eigenvalue weighted by atomic mass is 19.3. The minimum Gasteiger partial charge on any atom is -0.444 e. The predicted molar refractivity (Wildman–Crippen MR) is 70.3 cm³/mol. The van der Waals surface area contributed by atoms with Gasteiger partial charge in [0.05, 0.1) is 0 Å². The van der Waals surface area contributed by atoms with Crippen molar-refractivity contribution in [2.75, 3.05) is 13.1 Å². The number of nitrogens with zero attached hydrogens (tertiary/aromatic N) is 1. The molecule has 1 fully saturated rings. The van der Waals surface area contributed by atoms with Crippen LogP contribution in [0.2, 0.25) is 0 Å². The van der Waals surface area contributed by atoms with Gasteiger partial charge in [-0.3, -0.25) is 0 Å². The standard InChI is InChI=1S/C14H23F2NO2/c1-5-6-8-14(15,16)11-7-9-17(10-11)12(18)19-13(2,3)4/h5,11H,1,6-10H2,2-4H3. The first-order valence-electron chi connectivity index (χ1n) is 6.62. The van der Waals surface area contributed by atoms with Crippen molar-refractivity contribution in [2.45, 2.75) is 51.6 Å². The second kappa shape index (κ2) is 5.88. The molecule has 1 saturated heterocycles. The maximum absolute atomic E-state index is 13.9. The Morgan fingerprint density at radius 3 is 2.63 bits per heavy atom. The number of hydrogen-bond donors (Lipinski definition) is 0. The van der Waals surface area contributed by atoms with Crippen molar-refractivity contribution >= 4 is 6.09 Å². The normalized spacial score (nSPS) is 20.5. The topological polar surface area (TPSA) is 29.5 Å². The molecule has 1 rings (SSSR count). The van der Waals surface area contributed by atoms with E-state index in [2.05, 4.69) is 6.58 Å². The second-order valence-corrected chi connectivity index (χ2v) is 6.00. The van der Waals surface area contributed by atoms with E-state index in [4.69, 9.17) is 4.74 Å². The summed E-state index contributed by atoms with van der Waals surface area (Å²) in [5, 5.41) is 0. The molecule has 110 valence electrons. The summed E-state index contributed by atoms with van der Waals surface area (Å²) < 4.78 is 32.9. The van der Waals surface area contributed by atoms with Crippen molar-refractivity contribution in [3.05, 3.63) is 12.7 Å². The number of alkyl halides is 2. The molecule has 5 heteroatoms. The van der Waals surface area contributed by atoms with Crippen LogP contribution in [0.1, 0.15) is 40.0 Å². The van der Waals surface area contributed by atoms with Crippen LogP contribution in [0.25, 0.3) is 0 Å². The Labute approximate surface area is 113 Å². The first-order chi connectivity index (χ1) is 8.65. The highest BCUT2D eigenvalue weighted by Gasteiger charge is 2.44. The Morgan fingerprint density at radius 2 is 2.11 bits per heavy atom. The van der Waals surface area contributed by atoms with Gasteiger partial charge in [0.1, 0.15) is 5.60 Å². The molecule has 1 aliphatic rings. The van der Waals surface area contributed by atoms with Gasteiger partial charge in [0.2, 0.25) is 0 Å². The van der Waals surface area contributed by atoms with Crippen LogP contribution in [-0.2, 0) is 4.74 Å². The average Bonchev–Trinajstić information content (AvgIpc) is 2.74. The minimum absolute atomic E-state index is 0.0685. The molecule has 0 N–H and O–H groups in total. The van der Waals surface area contributed by atoms with E-state index in [0.717, 1.165) is 0 Å². The van der Waals surface area contributed by atoms with Gasteiger partial charge in [-0.2, -0.15) is 0 Å². The molecule has 3 nitrogen and oxygen atoms in total. The molecule has 1 atom stereocenters. The third-order valence-electron chi connectivity index (χ3n) is 3.12. The summed E-state index contributed by atoms with van der Waals surface area (Å²) in [6, 6.07) is 0. The lowest BCUT2D eigenvalue weighted by Gasteiger charge is -2.26. The summed E-state index contributed by atoms with van der Waals surface area (Å²) >= 11 is 0. The van der Waals surface area contributed by atoms with Crippen LogP contribution in [0.3, 0.4) is 0 Å². The zero-order valence-electron chi connectivity index (χ0n) is 11.9. The van der Waals surface area contributed by atoms with E-state index in [-0.39, 0.29) is 19.4 Å². The summed E-state index contributed by atoms with van der Waals surface area (Å²) in [6.45, 7) is 9.14. The van der Waals surface area contributed by atoms with Gasteiger partial charge in [-0.05, 0) is 33.6 Å². The SMILES string of the molecule is C=CCCC(F)(F)C1CCN(C(=O)OC(C)(C)C)C1. The van der Waals surface area contributed by atoms with Gasteiger partial charge in [-0.1, -0.05) is 6.08 Å². The number of rotatable bonds is 4. The predicted octanol–water partition coefficient (Wildman–Crippen LogP) is 3.84. The van der Waals surface area contributed by atoms with Gasteiger partial charge in [0.15, 0.2) is 0 Å². The largest absolute Gasteiger partial charge is 0.444 e. The molecular formula is C14H23F2NO2. The molecule has 1 unspecified atom stereocenters. The lowest BCUT2D eigenvalue weighted by molar-refractivity contribution is -0.0605. The number of amides is 1. The molecule has 1 aliphatic heterocycles. The van der Waals surface area contributed by atoms with E-state index in [1.807, 2.05) is 0 Å². The van der Waals surface area contributed by atoms with Gasteiger partial charge < -0.3 is 9.64 Å². The highest BCUT2D eigenvalue weighted by Crippen LogP contribution is 2.36. The Hall–Kier alpha value is -1.13. The Morgan fingerprint density at radius 1 is 1.47 bits per heavy atom. The molecule has 19 heavy (non-hydrogen) atoms. The highest BCUT2D eigenvalue weighted by molar-refractivity contribution is 5.68. The van der Waals surface area contributed by atoms with Gasteiger partial charge >= 0.3 is 6.09 Å². The molecular weight excluding hydrogens is 252 g/mol. The first-order valence-corrected chi connectivity index (χ1v) is 6.62. The Kier molecular flexibility index (Phi) is 4.93. The summed E-state index contributed by atoms with van der Waals surface area (Å²) in [6.07, 6.45) is 1.39. The third-order valence-corrected chi connectivity index (χ3v) is 3.12.